The first-order chi connectivity index (χ1) is 64.6. The number of amides is 15. The number of carbonyl (C=O) groups is 20. The van der Waals surface area contributed by atoms with E-state index in [1.54, 1.807) is 82.4 Å². The molecule has 47 nitrogen and oxygen atoms in total. The van der Waals surface area contributed by atoms with Crippen molar-refractivity contribution in [3.05, 3.63) is 120 Å². The summed E-state index contributed by atoms with van der Waals surface area (Å²) in [6, 6.07) is -6.19. The van der Waals surface area contributed by atoms with Gasteiger partial charge in [0.1, 0.15) is 90.3 Å². The molecule has 3 heterocycles. The average Bonchev–Trinajstić information content (AvgIpc) is 1.64. The van der Waals surface area contributed by atoms with Gasteiger partial charge in [0.2, 0.25) is 88.6 Å². The van der Waals surface area contributed by atoms with Crippen LogP contribution in [0.4, 0.5) is 0 Å². The fourth-order valence-corrected chi connectivity index (χ4v) is 14.7. The minimum Gasteiger partial charge on any atom is -0.508 e. The normalized spacial score (nSPS) is 14.8. The quantitative estimate of drug-likeness (QED) is 0.0167. The Morgan fingerprint density at radius 1 is 0.387 bits per heavy atom. The molecule has 0 aliphatic heterocycles. The van der Waals surface area contributed by atoms with Crippen LogP contribution in [0.3, 0.4) is 0 Å². The first kappa shape index (κ1) is 112. The molecule has 0 saturated carbocycles. The maximum Gasteiger partial charge on any atom is 0.326 e. The van der Waals surface area contributed by atoms with E-state index in [0.29, 0.717) is 38.6 Å². The highest BCUT2D eigenvalue weighted by atomic mass is 32.1. The Kier molecular flexibility index (Phi) is 44.2. The number of aromatic hydroxyl groups is 1. The van der Waals surface area contributed by atoms with E-state index in [9.17, 15) is 132 Å². The molecule has 0 aliphatic carbocycles. The second kappa shape index (κ2) is 54.4. The number of phenols is 1. The summed E-state index contributed by atoms with van der Waals surface area (Å²) in [5.41, 5.74) is 8.96. The molecule has 746 valence electrons. The summed E-state index contributed by atoms with van der Waals surface area (Å²) in [5, 5.41) is 108. The van der Waals surface area contributed by atoms with Crippen molar-refractivity contribution < 1.29 is 132 Å². The molecule has 0 bridgehead atoms. The van der Waals surface area contributed by atoms with Crippen molar-refractivity contribution in [3.63, 3.8) is 0 Å². The van der Waals surface area contributed by atoms with Crippen LogP contribution >= 0.6 is 25.3 Å². The lowest BCUT2D eigenvalue weighted by molar-refractivity contribution is -0.143. The van der Waals surface area contributed by atoms with E-state index in [2.05, 4.69) is 125 Å². The van der Waals surface area contributed by atoms with Gasteiger partial charge in [-0.3, -0.25) is 91.1 Å². The van der Waals surface area contributed by atoms with Gasteiger partial charge in [0.05, 0.1) is 31.4 Å². The van der Waals surface area contributed by atoms with Gasteiger partial charge in [-0.1, -0.05) is 90.1 Å². The minimum absolute atomic E-state index is 0.0581. The molecule has 27 N–H and O–H groups in total. The molecule has 0 radical (unpaired) electrons. The second-order valence-electron chi connectivity index (χ2n) is 33.9. The summed E-state index contributed by atoms with van der Waals surface area (Å²) in [6.07, 6.45) is -2.39. The van der Waals surface area contributed by atoms with Crippen molar-refractivity contribution in [1.82, 2.24) is 99.7 Å². The Morgan fingerprint density at radius 3 is 1.26 bits per heavy atom. The number of aromatic nitrogens is 4. The summed E-state index contributed by atoms with van der Waals surface area (Å²) in [6.45, 7) is 11.0. The fourth-order valence-electron chi connectivity index (χ4n) is 14.1. The number of nitrogens with two attached hydrogens (primary N) is 1. The molecule has 3 aromatic heterocycles. The van der Waals surface area contributed by atoms with Crippen LogP contribution in [-0.4, -0.2) is 289 Å². The van der Waals surface area contributed by atoms with Crippen molar-refractivity contribution in [2.45, 2.75) is 236 Å². The van der Waals surface area contributed by atoms with Gasteiger partial charge in [-0.2, -0.15) is 25.3 Å². The Bertz CT molecular complexity index is 5260. The number of imidazole rings is 1. The summed E-state index contributed by atoms with van der Waals surface area (Å²) < 4.78 is 0. The molecule has 0 aliphatic rings. The van der Waals surface area contributed by atoms with Crippen LogP contribution in [0.5, 0.6) is 5.75 Å². The highest BCUT2D eigenvalue weighted by molar-refractivity contribution is 7.80. The number of para-hydroxylation sites is 2. The van der Waals surface area contributed by atoms with Crippen molar-refractivity contribution in [2.24, 2.45) is 23.5 Å². The highest BCUT2D eigenvalue weighted by Gasteiger charge is 2.40. The molecule has 0 unspecified atom stereocenters. The molecule has 49 heteroatoms. The third kappa shape index (κ3) is 36.5. The number of fused-ring (bicyclic) bond motifs is 2. The molecular weight excluding hydrogens is 1830 g/mol. The van der Waals surface area contributed by atoms with Crippen LogP contribution in [0.15, 0.2) is 97.7 Å². The first-order valence-corrected chi connectivity index (χ1v) is 45.0. The van der Waals surface area contributed by atoms with Crippen molar-refractivity contribution >= 4 is 166 Å². The van der Waals surface area contributed by atoms with E-state index in [1.807, 2.05) is 0 Å². The van der Waals surface area contributed by atoms with Crippen molar-refractivity contribution in [3.8, 4) is 5.75 Å². The number of aliphatic hydroxyl groups excluding tert-OH is 1. The number of phenolic OH excluding ortho intramolecular Hbond substituents is 1. The van der Waals surface area contributed by atoms with Crippen molar-refractivity contribution in [1.29, 1.82) is 0 Å². The number of benzene rings is 3. The molecule has 0 saturated heterocycles. The number of thiol groups is 2. The molecule has 137 heavy (non-hydrogen) atoms. The molecule has 0 fully saturated rings. The molecule has 0 spiro atoms. The van der Waals surface area contributed by atoms with Gasteiger partial charge in [-0.25, -0.2) is 9.78 Å². The number of H-pyrrole nitrogens is 3. The van der Waals surface area contributed by atoms with E-state index >= 15 is 0 Å². The van der Waals surface area contributed by atoms with Gasteiger partial charge in [0.15, 0.2) is 0 Å². The zero-order valence-corrected chi connectivity index (χ0v) is 78.0. The van der Waals surface area contributed by atoms with Crippen molar-refractivity contribution in [2.75, 3.05) is 18.1 Å². The number of rotatable bonds is 58. The second-order valence-corrected chi connectivity index (χ2v) is 34.6. The number of aliphatic carboxylic acids is 5. The summed E-state index contributed by atoms with van der Waals surface area (Å²) in [4.78, 5) is 285. The van der Waals surface area contributed by atoms with Crippen LogP contribution in [-0.2, 0) is 122 Å². The highest BCUT2D eigenvalue weighted by Crippen LogP contribution is 2.23. The Hall–Kier alpha value is -14.2. The molecule has 6 rings (SSSR count). The van der Waals surface area contributed by atoms with Crippen LogP contribution in [0.1, 0.15) is 136 Å². The van der Waals surface area contributed by atoms with Gasteiger partial charge < -0.3 is 136 Å². The predicted octanol–water partition coefficient (Wildman–Crippen LogP) is -3.26. The number of carboxylic acid groups (broad SMARTS) is 5. The predicted molar refractivity (Wildman–Crippen MR) is 495 cm³/mol. The van der Waals surface area contributed by atoms with Gasteiger partial charge in [0, 0.05) is 103 Å². The molecule has 15 amide bonds. The van der Waals surface area contributed by atoms with E-state index in [4.69, 9.17) is 5.73 Å². The number of aliphatic hydroxyl groups is 1. The van der Waals surface area contributed by atoms with E-state index < -0.39 is 291 Å². The number of hydrogen-bond donors (Lipinski definition) is 28. The third-order valence-electron chi connectivity index (χ3n) is 21.5. The molecular formula is C88H120N20O27S2. The van der Waals surface area contributed by atoms with Crippen LogP contribution in [0.25, 0.3) is 21.8 Å². The van der Waals surface area contributed by atoms with Gasteiger partial charge in [0.25, 0.3) is 0 Å². The summed E-state index contributed by atoms with van der Waals surface area (Å²) >= 11 is 8.43. The lowest BCUT2D eigenvalue weighted by Crippen LogP contribution is -2.62. The summed E-state index contributed by atoms with van der Waals surface area (Å²) in [5.74, 6) is -26.5. The number of nitrogens with one attached hydrogen (secondary N) is 18. The monoisotopic (exact) mass is 1950 g/mol. The largest absolute Gasteiger partial charge is 0.508 e. The smallest absolute Gasteiger partial charge is 0.326 e. The molecule has 3 aromatic carbocycles. The Morgan fingerprint density at radius 2 is 0.774 bits per heavy atom. The van der Waals surface area contributed by atoms with Gasteiger partial charge in [-0.15, -0.1) is 0 Å². The maximum atomic E-state index is 14.8. The summed E-state index contributed by atoms with van der Waals surface area (Å²) in [7, 11) is 0. The van der Waals surface area contributed by atoms with Crippen LogP contribution < -0.4 is 85.5 Å². The number of aromatic amines is 3. The molecule has 6 aromatic rings. The van der Waals surface area contributed by atoms with Gasteiger partial charge >= 0.3 is 29.8 Å². The SMILES string of the molecule is CC(C)C[C@H](NC(=O)[C@H](Cc1c[nH]c2ccccc12)NC(=O)[C@H](CC(=O)O)NC(=O)[C@H](C)NC(=O)[C@H](Cc1ccc(O)cc1)NC(=O)[C@@H](NC(=O)[C@H](CCC(=O)O)NC(=O)[C@H](CS)NC(=O)[C@H](CC(C)C)NC(=O)[C@H](CCC(=O)O)NC(=O)[C@@H](N)Cc1cnc[nH]1)[C@@H](C)O)C(=O)NCC(=O)N[C@@H](CS)C(=O)N[C@H](C(=O)N[C@@H](CCC(=O)O)C(=O)N[C@@H](Cc1c[nH]c2ccccc12)C(=O)O)C(C)C. The fraction of sp³-hybridized carbons (Fsp3) is 0.489. The lowest BCUT2D eigenvalue weighted by Gasteiger charge is -2.28. The van der Waals surface area contributed by atoms with E-state index in [1.165, 1.54) is 56.8 Å². The number of carbonyl (C=O) groups excluding carboxylic acids is 15. The Labute approximate surface area is 795 Å². The van der Waals surface area contributed by atoms with E-state index in [0.717, 1.165) is 13.8 Å². The third-order valence-corrected chi connectivity index (χ3v) is 22.2. The maximum absolute atomic E-state index is 14.8. The first-order valence-electron chi connectivity index (χ1n) is 43.8. The zero-order chi connectivity index (χ0) is 102. The number of carboxylic acids is 5. The van der Waals surface area contributed by atoms with Crippen LogP contribution in [0.2, 0.25) is 0 Å². The lowest BCUT2D eigenvalue weighted by atomic mass is 10.0. The standard InChI is InChI=1S/C88H120N20O27S2/c1-41(2)27-59(76(122)93-37-67(111)96-65(38-136)85(131)107-72(43(5)6)86(132)99-57(22-25-69(114)115)78(124)105-64(88(134)135)31-48-35-92-55-16-12-10-14-52(48)55)101-82(128)62(30-47-34-91-54-15-11-9-13-51(47)54)103-83(129)63(33-71(118)119)100-74(120)44(7)95-80(126)61(29-46-17-19-50(110)20-18-46)104-87(133)73(45(8)109)108-79(125)58(23-26-70(116)117)98-84(130)66(39-137)106-81(127)60(28-42(3)4)102-77(123)56(21-24-68(112)113)97-75(121)53(89)32-49-36-90-40-94-49/h9-20,34-36,40-45,53,56-66,72-73,91-92,109-110,136-137H,21-33,37-39,89H2,1-8H3,(H,90,94)(H,93,122)(H,95,126)(H,96,111)(H,97,121)(H,98,130)(H,99,132)(H,100,120)(H,101,128)(H,102,123)(H,103,129)(H,104,133)(H,105,124)(H,106,127)(H,107,131)(H,108,125)(H,112,113)(H,114,115)(H,116,117)(H,118,119)(H,134,135)/t44-,45+,53-,56-,57-,58-,59-,60-,61-,62-,63-,64-,65-,66-,72-,73-/m0/s1. The Balaban J connectivity index is 1.14. The number of hydrogen-bond acceptors (Lipinski definition) is 26. The average molecular weight is 1950 g/mol. The van der Waals surface area contributed by atoms with E-state index in [-0.39, 0.29) is 55.3 Å². The van der Waals surface area contributed by atoms with Gasteiger partial charge in [-0.05, 0) is 105 Å². The minimum atomic E-state index is -2.08. The molecule has 16 atom stereocenters. The topological polar surface area (TPSA) is 750 Å². The number of nitrogens with zero attached hydrogens (tertiary/aromatic N) is 1. The van der Waals surface area contributed by atoms with Crippen LogP contribution in [0, 0.1) is 17.8 Å². The zero-order valence-electron chi connectivity index (χ0n) is 76.2.